The minimum Gasteiger partial charge on any atom is -0.487 e. The van der Waals surface area contributed by atoms with Crippen LogP contribution in [0.2, 0.25) is 0 Å². The Hall–Kier alpha value is -2.95. The summed E-state index contributed by atoms with van der Waals surface area (Å²) in [5.41, 5.74) is 3.01. The van der Waals surface area contributed by atoms with Gasteiger partial charge in [0.1, 0.15) is 18.1 Å². The zero-order chi connectivity index (χ0) is 16.1. The number of aryl methyl sites for hydroxylation is 1. The minimum absolute atomic E-state index is 0.224. The summed E-state index contributed by atoms with van der Waals surface area (Å²) in [5.74, 6) is 0.750. The van der Waals surface area contributed by atoms with Crippen LogP contribution in [0.15, 0.2) is 54.6 Å². The van der Waals surface area contributed by atoms with Gasteiger partial charge in [-0.15, -0.1) is 5.10 Å². The molecule has 116 valence electrons. The van der Waals surface area contributed by atoms with Crippen molar-refractivity contribution in [1.29, 1.82) is 0 Å². The molecule has 0 N–H and O–H groups in total. The van der Waals surface area contributed by atoms with Crippen LogP contribution in [-0.2, 0) is 13.0 Å². The second-order valence-corrected chi connectivity index (χ2v) is 5.07. The summed E-state index contributed by atoms with van der Waals surface area (Å²) in [6.45, 7) is 2.33. The van der Waals surface area contributed by atoms with E-state index >= 15 is 0 Å². The van der Waals surface area contributed by atoms with E-state index in [2.05, 4.69) is 17.2 Å². The standard InChI is InChI=1S/C18H17N3O2/c1-2-14-8-10-16(11-9-14)23-13-18-17(12-22)19-20-21(18)15-6-4-3-5-7-15/h3-12H,2,13H2,1H3. The number of hydrogen-bond acceptors (Lipinski definition) is 4. The van der Waals surface area contributed by atoms with E-state index in [1.54, 1.807) is 4.68 Å². The normalized spacial score (nSPS) is 10.5. The molecule has 1 heterocycles. The van der Waals surface area contributed by atoms with Gasteiger partial charge in [-0.3, -0.25) is 4.79 Å². The summed E-state index contributed by atoms with van der Waals surface area (Å²) in [4.78, 5) is 11.2. The fourth-order valence-corrected chi connectivity index (χ4v) is 2.29. The van der Waals surface area contributed by atoms with Gasteiger partial charge in [-0.25, -0.2) is 4.68 Å². The number of aromatic nitrogens is 3. The lowest BCUT2D eigenvalue weighted by molar-refractivity contribution is 0.111. The molecule has 5 nitrogen and oxygen atoms in total. The monoisotopic (exact) mass is 307 g/mol. The second-order valence-electron chi connectivity index (χ2n) is 5.07. The van der Waals surface area contributed by atoms with Gasteiger partial charge in [-0.1, -0.05) is 42.5 Å². The first-order valence-corrected chi connectivity index (χ1v) is 7.48. The number of rotatable bonds is 6. The second kappa shape index (κ2) is 6.87. The lowest BCUT2D eigenvalue weighted by Crippen LogP contribution is -2.07. The highest BCUT2D eigenvalue weighted by atomic mass is 16.5. The molecule has 0 aliphatic rings. The molecular weight excluding hydrogens is 290 g/mol. The molecule has 0 aliphatic carbocycles. The summed E-state index contributed by atoms with van der Waals surface area (Å²) in [6, 6.07) is 17.5. The number of nitrogens with zero attached hydrogens (tertiary/aromatic N) is 3. The maximum absolute atomic E-state index is 11.2. The average molecular weight is 307 g/mol. The van der Waals surface area contributed by atoms with E-state index in [0.717, 1.165) is 17.9 Å². The molecule has 0 spiro atoms. The van der Waals surface area contributed by atoms with Crippen molar-refractivity contribution in [3.8, 4) is 11.4 Å². The Balaban J connectivity index is 1.83. The maximum Gasteiger partial charge on any atom is 0.172 e. The summed E-state index contributed by atoms with van der Waals surface area (Å²) < 4.78 is 7.42. The average Bonchev–Trinajstić information content (AvgIpc) is 3.04. The molecule has 3 aromatic rings. The summed E-state index contributed by atoms with van der Waals surface area (Å²) in [6.07, 6.45) is 1.69. The van der Waals surface area contributed by atoms with Crippen LogP contribution in [0.1, 0.15) is 28.7 Å². The lowest BCUT2D eigenvalue weighted by atomic mass is 10.2. The molecule has 3 rings (SSSR count). The highest BCUT2D eigenvalue weighted by Crippen LogP contribution is 2.17. The molecule has 23 heavy (non-hydrogen) atoms. The molecule has 0 bridgehead atoms. The van der Waals surface area contributed by atoms with E-state index in [-0.39, 0.29) is 6.61 Å². The van der Waals surface area contributed by atoms with Crippen LogP contribution < -0.4 is 4.74 Å². The van der Waals surface area contributed by atoms with E-state index < -0.39 is 0 Å². The highest BCUT2D eigenvalue weighted by Gasteiger charge is 2.14. The number of aldehydes is 1. The number of carbonyl (C=O) groups excluding carboxylic acids is 1. The van der Waals surface area contributed by atoms with Crippen molar-refractivity contribution in [1.82, 2.24) is 15.0 Å². The molecule has 0 radical (unpaired) electrons. The number of benzene rings is 2. The zero-order valence-electron chi connectivity index (χ0n) is 12.8. The van der Waals surface area contributed by atoms with Crippen molar-refractivity contribution in [2.24, 2.45) is 0 Å². The van der Waals surface area contributed by atoms with Gasteiger partial charge >= 0.3 is 0 Å². The number of ether oxygens (including phenoxy) is 1. The number of hydrogen-bond donors (Lipinski definition) is 0. The SMILES string of the molecule is CCc1ccc(OCc2c(C=O)nnn2-c2ccccc2)cc1. The van der Waals surface area contributed by atoms with Crippen molar-refractivity contribution in [3.63, 3.8) is 0 Å². The molecule has 1 aromatic heterocycles. The van der Waals surface area contributed by atoms with E-state index in [9.17, 15) is 4.79 Å². The van der Waals surface area contributed by atoms with Crippen LogP contribution in [0.5, 0.6) is 5.75 Å². The smallest absolute Gasteiger partial charge is 0.172 e. The lowest BCUT2D eigenvalue weighted by Gasteiger charge is -2.09. The van der Waals surface area contributed by atoms with Gasteiger partial charge in [0.25, 0.3) is 0 Å². The Labute approximate surface area is 134 Å². The van der Waals surface area contributed by atoms with Gasteiger partial charge in [0, 0.05) is 0 Å². The molecule has 0 atom stereocenters. The van der Waals surface area contributed by atoms with Gasteiger partial charge in [-0.05, 0) is 36.2 Å². The third-order valence-corrected chi connectivity index (χ3v) is 3.61. The fraction of sp³-hybridized carbons (Fsp3) is 0.167. The first-order valence-electron chi connectivity index (χ1n) is 7.48. The van der Waals surface area contributed by atoms with Crippen molar-refractivity contribution in [2.45, 2.75) is 20.0 Å². The van der Waals surface area contributed by atoms with Crippen molar-refractivity contribution >= 4 is 6.29 Å². The molecule has 0 amide bonds. The van der Waals surface area contributed by atoms with Crippen molar-refractivity contribution in [3.05, 3.63) is 71.5 Å². The number of para-hydroxylation sites is 1. The Kier molecular flexibility index (Phi) is 4.47. The Bertz CT molecular complexity index is 780. The predicted octanol–water partition coefficient (Wildman–Crippen LogP) is 3.22. The van der Waals surface area contributed by atoms with Crippen LogP contribution in [0.4, 0.5) is 0 Å². The molecule has 0 saturated carbocycles. The first-order chi connectivity index (χ1) is 11.3. The van der Waals surface area contributed by atoms with Crippen LogP contribution in [0, 0.1) is 0 Å². The Morgan fingerprint density at radius 1 is 1.09 bits per heavy atom. The first kappa shape index (κ1) is 15.0. The quantitative estimate of drug-likeness (QED) is 0.656. The van der Waals surface area contributed by atoms with Crippen LogP contribution in [-0.4, -0.2) is 21.3 Å². The van der Waals surface area contributed by atoms with E-state index in [1.165, 1.54) is 5.56 Å². The number of carbonyl (C=O) groups is 1. The minimum atomic E-state index is 0.224. The molecule has 0 saturated heterocycles. The van der Waals surface area contributed by atoms with E-state index in [0.29, 0.717) is 17.7 Å². The fourth-order valence-electron chi connectivity index (χ4n) is 2.29. The van der Waals surface area contributed by atoms with E-state index in [4.69, 9.17) is 4.74 Å². The Morgan fingerprint density at radius 2 is 1.83 bits per heavy atom. The van der Waals surface area contributed by atoms with Crippen LogP contribution >= 0.6 is 0 Å². The van der Waals surface area contributed by atoms with Crippen molar-refractivity contribution < 1.29 is 9.53 Å². The highest BCUT2D eigenvalue weighted by molar-refractivity contribution is 5.73. The predicted molar refractivity (Wildman–Crippen MR) is 86.9 cm³/mol. The summed E-state index contributed by atoms with van der Waals surface area (Å²) in [7, 11) is 0. The van der Waals surface area contributed by atoms with E-state index in [1.807, 2.05) is 54.6 Å². The maximum atomic E-state index is 11.2. The van der Waals surface area contributed by atoms with Crippen molar-refractivity contribution in [2.75, 3.05) is 0 Å². The molecule has 0 aliphatic heterocycles. The van der Waals surface area contributed by atoms with Crippen LogP contribution in [0.25, 0.3) is 5.69 Å². The molecule has 0 unspecified atom stereocenters. The third-order valence-electron chi connectivity index (χ3n) is 3.61. The largest absolute Gasteiger partial charge is 0.487 e. The molecule has 0 fully saturated rings. The summed E-state index contributed by atoms with van der Waals surface area (Å²) in [5, 5.41) is 7.97. The van der Waals surface area contributed by atoms with Gasteiger partial charge in [0.15, 0.2) is 12.0 Å². The van der Waals surface area contributed by atoms with Gasteiger partial charge in [0.05, 0.1) is 5.69 Å². The Morgan fingerprint density at radius 3 is 2.48 bits per heavy atom. The zero-order valence-corrected chi connectivity index (χ0v) is 12.8. The van der Waals surface area contributed by atoms with Crippen LogP contribution in [0.3, 0.4) is 0 Å². The topological polar surface area (TPSA) is 57.0 Å². The third kappa shape index (κ3) is 3.29. The van der Waals surface area contributed by atoms with Gasteiger partial charge < -0.3 is 4.74 Å². The summed E-state index contributed by atoms with van der Waals surface area (Å²) >= 11 is 0. The van der Waals surface area contributed by atoms with Gasteiger partial charge in [0.2, 0.25) is 0 Å². The molecule has 5 heteroatoms. The molecule has 2 aromatic carbocycles. The molecular formula is C18H17N3O2. The van der Waals surface area contributed by atoms with Gasteiger partial charge in [-0.2, -0.15) is 0 Å².